The first-order valence-corrected chi connectivity index (χ1v) is 9.07. The van der Waals surface area contributed by atoms with Crippen LogP contribution in [0.2, 0.25) is 0 Å². The molecule has 0 saturated carbocycles. The molecule has 3 rings (SSSR count). The van der Waals surface area contributed by atoms with Gasteiger partial charge in [-0.2, -0.15) is 5.10 Å². The third kappa shape index (κ3) is 4.02. The molecule has 0 spiro atoms. The molecule has 27 heavy (non-hydrogen) atoms. The number of anilines is 1. The highest BCUT2D eigenvalue weighted by Crippen LogP contribution is 2.29. The molecule has 0 bridgehead atoms. The highest BCUT2D eigenvalue weighted by atomic mass is 16.5. The SMILES string of the molecule is CCOc1ccc(C(=O)Nc2cnc3c(cnn3C(C)C)c2)cc1OCC. The number of fused-ring (bicyclic) bond motifs is 1. The summed E-state index contributed by atoms with van der Waals surface area (Å²) in [6.07, 6.45) is 3.39. The van der Waals surface area contributed by atoms with Crippen molar-refractivity contribution >= 4 is 22.6 Å². The topological polar surface area (TPSA) is 78.3 Å². The van der Waals surface area contributed by atoms with E-state index in [1.165, 1.54) is 0 Å². The van der Waals surface area contributed by atoms with E-state index in [1.807, 2.05) is 38.4 Å². The summed E-state index contributed by atoms with van der Waals surface area (Å²) in [6.45, 7) is 8.91. The summed E-state index contributed by atoms with van der Waals surface area (Å²) >= 11 is 0. The summed E-state index contributed by atoms with van der Waals surface area (Å²) in [6, 6.07) is 7.23. The van der Waals surface area contributed by atoms with Crippen molar-refractivity contribution < 1.29 is 14.3 Å². The molecule has 2 aromatic heterocycles. The zero-order valence-corrected chi connectivity index (χ0v) is 16.0. The molecule has 0 aliphatic heterocycles. The second kappa shape index (κ2) is 8.07. The van der Waals surface area contributed by atoms with Gasteiger partial charge >= 0.3 is 0 Å². The number of nitrogens with zero attached hydrogens (tertiary/aromatic N) is 3. The molecular weight excluding hydrogens is 344 g/mol. The Labute approximate surface area is 158 Å². The van der Waals surface area contributed by atoms with Gasteiger partial charge in [-0.15, -0.1) is 0 Å². The van der Waals surface area contributed by atoms with Gasteiger partial charge in [0.1, 0.15) is 0 Å². The van der Waals surface area contributed by atoms with Crippen LogP contribution in [-0.4, -0.2) is 33.9 Å². The molecule has 0 unspecified atom stereocenters. The van der Waals surface area contributed by atoms with Crippen LogP contribution in [0.5, 0.6) is 11.5 Å². The molecule has 7 nitrogen and oxygen atoms in total. The van der Waals surface area contributed by atoms with Crippen molar-refractivity contribution in [1.82, 2.24) is 14.8 Å². The van der Waals surface area contributed by atoms with E-state index in [4.69, 9.17) is 9.47 Å². The van der Waals surface area contributed by atoms with E-state index < -0.39 is 0 Å². The number of carbonyl (C=O) groups is 1. The Kier molecular flexibility index (Phi) is 5.59. The summed E-state index contributed by atoms with van der Waals surface area (Å²) < 4.78 is 13.0. The maximum Gasteiger partial charge on any atom is 0.255 e. The van der Waals surface area contributed by atoms with Crippen LogP contribution in [0, 0.1) is 0 Å². The van der Waals surface area contributed by atoms with Crippen molar-refractivity contribution in [3.05, 3.63) is 42.2 Å². The van der Waals surface area contributed by atoms with E-state index in [-0.39, 0.29) is 11.9 Å². The van der Waals surface area contributed by atoms with E-state index in [9.17, 15) is 4.79 Å². The van der Waals surface area contributed by atoms with Crippen LogP contribution in [-0.2, 0) is 0 Å². The van der Waals surface area contributed by atoms with Crippen molar-refractivity contribution in [2.75, 3.05) is 18.5 Å². The van der Waals surface area contributed by atoms with Gasteiger partial charge in [0.2, 0.25) is 0 Å². The first-order chi connectivity index (χ1) is 13.0. The van der Waals surface area contributed by atoms with Crippen LogP contribution < -0.4 is 14.8 Å². The highest BCUT2D eigenvalue weighted by molar-refractivity contribution is 6.05. The molecule has 0 radical (unpaired) electrons. The Morgan fingerprint density at radius 3 is 2.56 bits per heavy atom. The molecule has 0 fully saturated rings. The number of hydrogen-bond donors (Lipinski definition) is 1. The summed E-state index contributed by atoms with van der Waals surface area (Å²) in [5.41, 5.74) is 1.89. The van der Waals surface area contributed by atoms with Gasteiger partial charge in [0.15, 0.2) is 17.1 Å². The van der Waals surface area contributed by atoms with E-state index in [1.54, 1.807) is 30.6 Å². The Hall–Kier alpha value is -3.09. The van der Waals surface area contributed by atoms with Gasteiger partial charge in [-0.25, -0.2) is 9.67 Å². The molecule has 1 amide bonds. The maximum absolute atomic E-state index is 12.6. The van der Waals surface area contributed by atoms with Crippen LogP contribution in [0.15, 0.2) is 36.7 Å². The number of benzene rings is 1. The average Bonchev–Trinajstić information content (AvgIpc) is 3.07. The molecule has 0 atom stereocenters. The van der Waals surface area contributed by atoms with Crippen molar-refractivity contribution in [2.24, 2.45) is 0 Å². The van der Waals surface area contributed by atoms with Crippen LogP contribution >= 0.6 is 0 Å². The lowest BCUT2D eigenvalue weighted by Gasteiger charge is -2.12. The third-order valence-corrected chi connectivity index (χ3v) is 3.99. The van der Waals surface area contributed by atoms with Gasteiger partial charge < -0.3 is 14.8 Å². The van der Waals surface area contributed by atoms with Gasteiger partial charge in [-0.05, 0) is 52.0 Å². The quantitative estimate of drug-likeness (QED) is 0.680. The number of hydrogen-bond acceptors (Lipinski definition) is 5. The second-order valence-electron chi connectivity index (χ2n) is 6.30. The van der Waals surface area contributed by atoms with Crippen molar-refractivity contribution in [3.8, 4) is 11.5 Å². The molecule has 0 aliphatic carbocycles. The molecule has 1 N–H and O–H groups in total. The average molecular weight is 368 g/mol. The predicted octanol–water partition coefficient (Wildman–Crippen LogP) is 4.06. The van der Waals surface area contributed by atoms with Gasteiger partial charge in [0.05, 0.1) is 31.3 Å². The van der Waals surface area contributed by atoms with Crippen LogP contribution in [0.1, 0.15) is 44.1 Å². The van der Waals surface area contributed by atoms with Crippen LogP contribution in [0.25, 0.3) is 11.0 Å². The van der Waals surface area contributed by atoms with Gasteiger partial charge in [0.25, 0.3) is 5.91 Å². The number of aromatic nitrogens is 3. The van der Waals surface area contributed by atoms with Crippen LogP contribution in [0.3, 0.4) is 0 Å². The summed E-state index contributed by atoms with van der Waals surface area (Å²) in [4.78, 5) is 17.1. The monoisotopic (exact) mass is 368 g/mol. The molecule has 2 heterocycles. The number of nitrogens with one attached hydrogen (secondary N) is 1. The standard InChI is InChI=1S/C20H24N4O3/c1-5-26-17-8-7-14(10-18(17)27-6-2)20(25)23-16-9-15-11-22-24(13(3)4)19(15)21-12-16/h7-13H,5-6H2,1-4H3,(H,23,25). The number of amides is 1. The minimum absolute atomic E-state index is 0.219. The Balaban J connectivity index is 1.82. The lowest BCUT2D eigenvalue weighted by molar-refractivity contribution is 0.102. The van der Waals surface area contributed by atoms with Gasteiger partial charge in [-0.3, -0.25) is 4.79 Å². The minimum atomic E-state index is -0.239. The number of carbonyl (C=O) groups excluding carboxylic acids is 1. The molecule has 1 aromatic carbocycles. The molecular formula is C20H24N4O3. The van der Waals surface area contributed by atoms with E-state index in [0.717, 1.165) is 11.0 Å². The fourth-order valence-electron chi connectivity index (χ4n) is 2.78. The van der Waals surface area contributed by atoms with E-state index in [2.05, 4.69) is 15.4 Å². The van der Waals surface area contributed by atoms with Crippen molar-refractivity contribution in [2.45, 2.75) is 33.7 Å². The van der Waals surface area contributed by atoms with Gasteiger partial charge in [0, 0.05) is 17.0 Å². The smallest absolute Gasteiger partial charge is 0.255 e. The molecule has 142 valence electrons. The summed E-state index contributed by atoms with van der Waals surface area (Å²) in [5.74, 6) is 0.940. The Bertz CT molecular complexity index is 950. The zero-order valence-electron chi connectivity index (χ0n) is 16.0. The lowest BCUT2D eigenvalue weighted by Crippen LogP contribution is -2.13. The minimum Gasteiger partial charge on any atom is -0.490 e. The fraction of sp³-hybridized carbons (Fsp3) is 0.350. The second-order valence-corrected chi connectivity index (χ2v) is 6.30. The third-order valence-electron chi connectivity index (χ3n) is 3.99. The number of pyridine rings is 1. The van der Waals surface area contributed by atoms with E-state index in [0.29, 0.717) is 36.0 Å². The van der Waals surface area contributed by atoms with Crippen molar-refractivity contribution in [3.63, 3.8) is 0 Å². The summed E-state index contributed by atoms with van der Waals surface area (Å²) in [7, 11) is 0. The molecule has 0 aliphatic rings. The molecule has 7 heteroatoms. The molecule has 3 aromatic rings. The lowest BCUT2D eigenvalue weighted by atomic mass is 10.2. The normalized spacial score (nSPS) is 11.0. The molecule has 0 saturated heterocycles. The van der Waals surface area contributed by atoms with Crippen molar-refractivity contribution in [1.29, 1.82) is 0 Å². The summed E-state index contributed by atoms with van der Waals surface area (Å²) in [5, 5.41) is 8.10. The number of ether oxygens (including phenoxy) is 2. The predicted molar refractivity (Wildman–Crippen MR) is 105 cm³/mol. The maximum atomic E-state index is 12.6. The first-order valence-electron chi connectivity index (χ1n) is 9.07. The van der Waals surface area contributed by atoms with E-state index >= 15 is 0 Å². The highest BCUT2D eigenvalue weighted by Gasteiger charge is 2.13. The van der Waals surface area contributed by atoms with Crippen LogP contribution in [0.4, 0.5) is 5.69 Å². The Morgan fingerprint density at radius 2 is 1.85 bits per heavy atom. The fourth-order valence-corrected chi connectivity index (χ4v) is 2.78. The first kappa shape index (κ1) is 18.7. The zero-order chi connectivity index (χ0) is 19.4. The number of rotatable bonds is 7. The van der Waals surface area contributed by atoms with Gasteiger partial charge in [-0.1, -0.05) is 0 Å². The largest absolute Gasteiger partial charge is 0.490 e. The Morgan fingerprint density at radius 1 is 1.11 bits per heavy atom.